The third-order valence-electron chi connectivity index (χ3n) is 2.72. The SMILES string of the molecule is O=C(CCCCCNC(=O)N/N=C/c1cccc(F)c1)NO. The number of amides is 3. The lowest BCUT2D eigenvalue weighted by Gasteiger charge is -2.04. The van der Waals surface area contributed by atoms with E-state index in [0.717, 1.165) is 6.42 Å². The molecule has 22 heavy (non-hydrogen) atoms. The van der Waals surface area contributed by atoms with Crippen molar-refractivity contribution >= 4 is 18.2 Å². The van der Waals surface area contributed by atoms with Crippen molar-refractivity contribution in [2.75, 3.05) is 6.54 Å². The molecule has 0 atom stereocenters. The van der Waals surface area contributed by atoms with Crippen molar-refractivity contribution in [2.24, 2.45) is 5.10 Å². The Balaban J connectivity index is 2.10. The molecule has 0 aliphatic heterocycles. The van der Waals surface area contributed by atoms with Crippen molar-refractivity contribution in [2.45, 2.75) is 25.7 Å². The highest BCUT2D eigenvalue weighted by Crippen LogP contribution is 2.00. The monoisotopic (exact) mass is 310 g/mol. The van der Waals surface area contributed by atoms with Crippen molar-refractivity contribution < 1.29 is 19.2 Å². The van der Waals surface area contributed by atoms with Crippen LogP contribution >= 0.6 is 0 Å². The Labute approximate surface area is 127 Å². The zero-order valence-electron chi connectivity index (χ0n) is 12.0. The van der Waals surface area contributed by atoms with Crippen molar-refractivity contribution in [1.29, 1.82) is 0 Å². The first-order chi connectivity index (χ1) is 10.6. The number of halogens is 1. The number of carbonyl (C=O) groups is 2. The maximum Gasteiger partial charge on any atom is 0.335 e. The minimum atomic E-state index is -0.458. The molecule has 4 N–H and O–H groups in total. The summed E-state index contributed by atoms with van der Waals surface area (Å²) in [7, 11) is 0. The summed E-state index contributed by atoms with van der Waals surface area (Å²) >= 11 is 0. The number of hydrogen-bond acceptors (Lipinski definition) is 4. The van der Waals surface area contributed by atoms with Gasteiger partial charge in [0.25, 0.3) is 0 Å². The van der Waals surface area contributed by atoms with Crippen LogP contribution < -0.4 is 16.2 Å². The van der Waals surface area contributed by atoms with Gasteiger partial charge < -0.3 is 5.32 Å². The van der Waals surface area contributed by atoms with Crippen molar-refractivity contribution in [1.82, 2.24) is 16.2 Å². The summed E-state index contributed by atoms with van der Waals surface area (Å²) in [5.74, 6) is -0.791. The van der Waals surface area contributed by atoms with Gasteiger partial charge in [0.15, 0.2) is 0 Å². The van der Waals surface area contributed by atoms with Crippen LogP contribution in [0.4, 0.5) is 9.18 Å². The summed E-state index contributed by atoms with van der Waals surface area (Å²) in [6, 6.07) is 5.37. The molecule has 1 aromatic carbocycles. The van der Waals surface area contributed by atoms with Crippen LogP contribution in [0, 0.1) is 5.82 Å². The highest BCUT2D eigenvalue weighted by molar-refractivity contribution is 5.81. The number of benzene rings is 1. The van der Waals surface area contributed by atoms with Gasteiger partial charge in [0, 0.05) is 13.0 Å². The summed E-state index contributed by atoms with van der Waals surface area (Å²) in [6.07, 6.45) is 3.68. The Kier molecular flexibility index (Phi) is 8.21. The first kappa shape index (κ1) is 17.6. The number of rotatable bonds is 8. The Morgan fingerprint density at radius 3 is 2.82 bits per heavy atom. The Hall–Kier alpha value is -2.48. The first-order valence-corrected chi connectivity index (χ1v) is 6.87. The molecule has 0 saturated heterocycles. The number of hydroxylamine groups is 1. The molecule has 0 saturated carbocycles. The van der Waals surface area contributed by atoms with Gasteiger partial charge >= 0.3 is 6.03 Å². The summed E-state index contributed by atoms with van der Waals surface area (Å²) in [5.41, 5.74) is 4.37. The number of hydrogen-bond donors (Lipinski definition) is 4. The Morgan fingerprint density at radius 1 is 1.27 bits per heavy atom. The predicted molar refractivity (Wildman–Crippen MR) is 78.9 cm³/mol. The highest BCUT2D eigenvalue weighted by atomic mass is 19.1. The molecule has 0 unspecified atom stereocenters. The maximum atomic E-state index is 12.9. The van der Waals surface area contributed by atoms with Gasteiger partial charge in [-0.05, 0) is 30.5 Å². The van der Waals surface area contributed by atoms with E-state index in [1.165, 1.54) is 18.3 Å². The topological polar surface area (TPSA) is 103 Å². The van der Waals surface area contributed by atoms with Crippen LogP contribution in [0.5, 0.6) is 0 Å². The second-order valence-corrected chi connectivity index (χ2v) is 4.53. The van der Waals surface area contributed by atoms with Crippen LogP contribution in [0.15, 0.2) is 29.4 Å². The number of unbranched alkanes of at least 4 members (excludes halogenated alkanes) is 2. The fourth-order valence-electron chi connectivity index (χ4n) is 1.64. The van der Waals surface area contributed by atoms with Gasteiger partial charge in [-0.3, -0.25) is 10.0 Å². The van der Waals surface area contributed by atoms with Crippen molar-refractivity contribution in [3.8, 4) is 0 Å². The molecule has 0 fully saturated rings. The molecule has 0 spiro atoms. The van der Waals surface area contributed by atoms with Crippen LogP contribution in [0.3, 0.4) is 0 Å². The molecule has 0 aliphatic rings. The zero-order chi connectivity index (χ0) is 16.2. The molecule has 7 nitrogen and oxygen atoms in total. The third-order valence-corrected chi connectivity index (χ3v) is 2.72. The molecule has 0 heterocycles. The van der Waals surface area contributed by atoms with E-state index < -0.39 is 11.9 Å². The smallest absolute Gasteiger partial charge is 0.335 e. The fraction of sp³-hybridized carbons (Fsp3) is 0.357. The largest absolute Gasteiger partial charge is 0.337 e. The summed E-state index contributed by atoms with van der Waals surface area (Å²) in [5, 5.41) is 14.6. The molecule has 0 aliphatic carbocycles. The van der Waals surface area contributed by atoms with Crippen molar-refractivity contribution in [3.63, 3.8) is 0 Å². The van der Waals surface area contributed by atoms with Gasteiger partial charge in [-0.15, -0.1) is 0 Å². The Bertz CT molecular complexity index is 523. The van der Waals surface area contributed by atoms with E-state index in [1.54, 1.807) is 17.6 Å². The predicted octanol–water partition coefficient (Wildman–Crippen LogP) is 1.52. The van der Waals surface area contributed by atoms with Gasteiger partial charge in [0.2, 0.25) is 5.91 Å². The van der Waals surface area contributed by atoms with Gasteiger partial charge in [-0.1, -0.05) is 18.6 Å². The van der Waals surface area contributed by atoms with E-state index in [1.807, 2.05) is 0 Å². The molecule has 1 rings (SSSR count). The van der Waals surface area contributed by atoms with Crippen LogP contribution in [0.25, 0.3) is 0 Å². The van der Waals surface area contributed by atoms with Crippen molar-refractivity contribution in [3.05, 3.63) is 35.6 Å². The molecule has 3 amide bonds. The minimum absolute atomic E-state index is 0.251. The molecule has 120 valence electrons. The lowest BCUT2D eigenvalue weighted by atomic mass is 10.2. The van der Waals surface area contributed by atoms with E-state index in [0.29, 0.717) is 24.9 Å². The van der Waals surface area contributed by atoms with Crippen LogP contribution in [-0.4, -0.2) is 29.9 Å². The van der Waals surface area contributed by atoms with Gasteiger partial charge in [0.1, 0.15) is 5.82 Å². The number of nitrogens with one attached hydrogen (secondary N) is 3. The number of hydrazone groups is 1. The molecule has 1 aromatic rings. The van der Waals surface area contributed by atoms with Gasteiger partial charge in [-0.2, -0.15) is 5.10 Å². The number of nitrogens with zero attached hydrogens (tertiary/aromatic N) is 1. The zero-order valence-corrected chi connectivity index (χ0v) is 12.0. The van der Waals surface area contributed by atoms with Gasteiger partial charge in [-0.25, -0.2) is 20.1 Å². The second kappa shape index (κ2) is 10.3. The lowest BCUT2D eigenvalue weighted by Crippen LogP contribution is -2.33. The third kappa shape index (κ3) is 7.95. The van der Waals surface area contributed by atoms with Crippen LogP contribution in [-0.2, 0) is 4.79 Å². The average molecular weight is 310 g/mol. The molecular formula is C14H19FN4O3. The fourth-order valence-corrected chi connectivity index (χ4v) is 1.64. The van der Waals surface area contributed by atoms with Crippen LogP contribution in [0.1, 0.15) is 31.2 Å². The maximum absolute atomic E-state index is 12.9. The highest BCUT2D eigenvalue weighted by Gasteiger charge is 2.00. The molecule has 8 heteroatoms. The molecule has 0 bridgehead atoms. The van der Waals surface area contributed by atoms with E-state index in [4.69, 9.17) is 5.21 Å². The number of urea groups is 1. The second-order valence-electron chi connectivity index (χ2n) is 4.53. The normalized spacial score (nSPS) is 10.5. The van der Waals surface area contributed by atoms with E-state index in [2.05, 4.69) is 15.8 Å². The quantitative estimate of drug-likeness (QED) is 0.253. The van der Waals surface area contributed by atoms with E-state index in [9.17, 15) is 14.0 Å². The average Bonchev–Trinajstić information content (AvgIpc) is 2.50. The Morgan fingerprint density at radius 2 is 2.09 bits per heavy atom. The number of carbonyl (C=O) groups excluding carboxylic acids is 2. The van der Waals surface area contributed by atoms with E-state index in [-0.39, 0.29) is 12.2 Å². The van der Waals surface area contributed by atoms with Crippen LogP contribution in [0.2, 0.25) is 0 Å². The standard InChI is InChI=1S/C14H19FN4O3/c15-12-6-4-5-11(9-12)10-17-18-14(21)16-8-3-1-2-7-13(20)19-22/h4-6,9-10,22H,1-3,7-8H2,(H,19,20)(H2,16,18,21)/b17-10+. The first-order valence-electron chi connectivity index (χ1n) is 6.87. The summed E-state index contributed by atoms with van der Waals surface area (Å²) in [4.78, 5) is 22.1. The molecular weight excluding hydrogens is 291 g/mol. The lowest BCUT2D eigenvalue weighted by molar-refractivity contribution is -0.129. The minimum Gasteiger partial charge on any atom is -0.337 e. The van der Waals surface area contributed by atoms with Gasteiger partial charge in [0.05, 0.1) is 6.21 Å². The summed E-state index contributed by atoms with van der Waals surface area (Å²) in [6.45, 7) is 0.446. The molecule has 0 radical (unpaired) electrons. The molecule has 0 aromatic heterocycles. The van der Waals surface area contributed by atoms with E-state index >= 15 is 0 Å². The summed E-state index contributed by atoms with van der Waals surface area (Å²) < 4.78 is 12.9.